The largest absolute Gasteiger partial charge is 0.394 e. The molecule has 0 aromatic heterocycles. The van der Waals surface area contributed by atoms with Gasteiger partial charge in [0.05, 0.1) is 134 Å². The number of hydrogen-bond acceptors (Lipinski definition) is 55. The van der Waals surface area contributed by atoms with Gasteiger partial charge in [-0.2, -0.15) is 0 Å². The third kappa shape index (κ3) is 25.1. The summed E-state index contributed by atoms with van der Waals surface area (Å²) in [7, 11) is 0. The van der Waals surface area contributed by atoms with Crippen molar-refractivity contribution in [3.05, 3.63) is 0 Å². The summed E-state index contributed by atoms with van der Waals surface area (Å²) >= 11 is 0. The number of hydrogen-bond donors (Lipinski definition) is 32. The summed E-state index contributed by atoms with van der Waals surface area (Å²) in [6.07, 6.45) is -102. The maximum Gasteiger partial charge on any atom is 0.187 e. The monoisotopic (exact) mass is 2050 g/mol. The van der Waals surface area contributed by atoms with Gasteiger partial charge < -0.3 is 272 Å². The van der Waals surface area contributed by atoms with E-state index in [1.807, 2.05) is 13.8 Å². The van der Waals surface area contributed by atoms with Crippen LogP contribution in [0.25, 0.3) is 0 Å². The molecule has 12 heterocycles. The summed E-state index contributed by atoms with van der Waals surface area (Å²) in [6, 6.07) is 0. The predicted molar refractivity (Wildman–Crippen MR) is 446 cm³/mol. The Labute approximate surface area is 802 Å². The van der Waals surface area contributed by atoms with Gasteiger partial charge in [-0.25, -0.2) is 0 Å². The van der Waals surface area contributed by atoms with Gasteiger partial charge in [0.2, 0.25) is 0 Å². The van der Waals surface area contributed by atoms with E-state index in [4.69, 9.17) is 109 Å². The second kappa shape index (κ2) is 50.8. The second-order valence-electron chi connectivity index (χ2n) is 38.9. The first-order valence-electron chi connectivity index (χ1n) is 47.4. The molecule has 0 aromatic rings. The van der Waals surface area contributed by atoms with Gasteiger partial charge >= 0.3 is 0 Å². The van der Waals surface area contributed by atoms with Crippen LogP contribution in [0.5, 0.6) is 0 Å². The Kier molecular flexibility index (Phi) is 42.3. The lowest BCUT2D eigenvalue weighted by Gasteiger charge is -2.51. The fraction of sp³-hybridized carbons (Fsp3) is 1.00. The highest BCUT2D eigenvalue weighted by molar-refractivity contribution is 5.05. The minimum absolute atomic E-state index is 0.245. The molecule has 62 atom stereocenters. The van der Waals surface area contributed by atoms with Gasteiger partial charge in [0.15, 0.2) is 69.2 Å². The molecule has 818 valence electrons. The second-order valence-corrected chi connectivity index (χ2v) is 38.9. The summed E-state index contributed by atoms with van der Waals surface area (Å²) in [5.41, 5.74) is 0. The van der Waals surface area contributed by atoms with Gasteiger partial charge in [-0.05, 0) is 12.8 Å². The fourth-order valence-corrected chi connectivity index (χ4v) is 19.9. The average Bonchev–Trinajstić information content (AvgIpc) is 0.770. The lowest BCUT2D eigenvalue weighted by Crippen LogP contribution is -2.68. The zero-order chi connectivity index (χ0) is 103. The molecule has 0 spiro atoms. The van der Waals surface area contributed by atoms with Crippen molar-refractivity contribution in [1.82, 2.24) is 0 Å². The molecule has 22 unspecified atom stereocenters. The van der Waals surface area contributed by atoms with Crippen molar-refractivity contribution < 1.29 is 272 Å². The van der Waals surface area contributed by atoms with Crippen molar-refractivity contribution in [3.63, 3.8) is 0 Å². The maximum absolute atomic E-state index is 12.8. The molecule has 0 amide bonds. The minimum atomic E-state index is -2.45. The summed E-state index contributed by atoms with van der Waals surface area (Å²) in [5.74, 6) is -6.86. The third-order valence-electron chi connectivity index (χ3n) is 29.0. The van der Waals surface area contributed by atoms with E-state index in [1.54, 1.807) is 6.92 Å². The molecule has 140 heavy (non-hydrogen) atoms. The van der Waals surface area contributed by atoms with E-state index in [9.17, 15) is 163 Å². The number of aliphatic hydroxyl groups is 32. The normalized spacial score (nSPS) is 51.6. The highest BCUT2D eigenvalue weighted by atomic mass is 16.8. The van der Waals surface area contributed by atoms with Gasteiger partial charge in [0.25, 0.3) is 0 Å². The Morgan fingerprint density at radius 2 is 0.529 bits per heavy atom. The van der Waals surface area contributed by atoms with Crippen LogP contribution in [0, 0.1) is 41.4 Å². The fourth-order valence-electron chi connectivity index (χ4n) is 19.9. The van der Waals surface area contributed by atoms with Crippen LogP contribution in [0.2, 0.25) is 0 Å². The summed E-state index contributed by atoms with van der Waals surface area (Å²) in [5, 5.41) is 359. The lowest BCUT2D eigenvalue weighted by molar-refractivity contribution is -0.403. The van der Waals surface area contributed by atoms with Crippen molar-refractivity contribution >= 4 is 0 Å². The Bertz CT molecular complexity index is 3640. The molecule has 12 fully saturated rings. The van der Waals surface area contributed by atoms with Gasteiger partial charge in [0, 0.05) is 48.3 Å². The van der Waals surface area contributed by atoms with Crippen molar-refractivity contribution in [1.29, 1.82) is 0 Å². The Hall–Kier alpha value is -2.20. The van der Waals surface area contributed by atoms with Crippen LogP contribution >= 0.6 is 0 Å². The smallest absolute Gasteiger partial charge is 0.187 e. The van der Waals surface area contributed by atoms with Crippen LogP contribution in [0.1, 0.15) is 75.2 Å². The topological polar surface area (TPSA) is 860 Å². The van der Waals surface area contributed by atoms with Crippen LogP contribution in [0.4, 0.5) is 0 Å². The molecule has 0 radical (unpaired) electrons. The Balaban J connectivity index is 0.801. The highest BCUT2D eigenvalue weighted by Crippen LogP contribution is 2.45. The van der Waals surface area contributed by atoms with E-state index in [0.29, 0.717) is 0 Å². The molecule has 12 aliphatic rings. The van der Waals surface area contributed by atoms with Crippen molar-refractivity contribution in [2.45, 2.75) is 419 Å². The molecule has 0 aromatic carbocycles. The van der Waals surface area contributed by atoms with Crippen LogP contribution in [-0.4, -0.2) is 580 Å². The lowest BCUT2D eigenvalue weighted by atomic mass is 9.83. The minimum Gasteiger partial charge on any atom is -0.394 e. The molecular formula is C85H148O55. The predicted octanol–water partition coefficient (Wildman–Crippen LogP) is -17.3. The van der Waals surface area contributed by atoms with E-state index in [-0.39, 0.29) is 18.8 Å². The summed E-state index contributed by atoms with van der Waals surface area (Å²) < 4.78 is 141. The quantitative estimate of drug-likeness (QED) is 0.0273. The van der Waals surface area contributed by atoms with E-state index in [1.165, 1.54) is 41.5 Å². The molecule has 12 saturated heterocycles. The van der Waals surface area contributed by atoms with Crippen molar-refractivity contribution in [2.75, 3.05) is 72.7 Å². The molecule has 0 saturated carbocycles. The number of rotatable bonds is 38. The van der Waals surface area contributed by atoms with Crippen LogP contribution in [0.3, 0.4) is 0 Å². The standard InChI is InChI=1S/C85H148O55/c1-23(2)65-26(5)46(99)71(43(121-65)22-118-80-61(114)58(111)50(103)30(9)120-80)134-77-27(6)47(100)70(39(18-92)126-77)137-83-64(117)74(138-85-76(60(113)54(107)36(15-89)125-85)140-79-29(8)49(102)69(41(20-94)128-79)136-82-63(116)73(56(109)38(17-91)123-82)133-45-11-32(96)25(4)67(131-45)52(105)34(98)13-87)57(110)42(129-83)21-119-84-75(59(112)53(106)35(14-88)124-84)139-78-28(7)48(101)68(40(19-93)127-78)135-81-62(115)72(55(108)37(16-90)122-81)132-44-10-31(95)24(3)66(130-44)51(104)33(97)12-86/h23-117H,10-22H2,1-9H3/t24-,25-,26?,27?,28?,29?,30+,31-,32-,33-,34-,35?,36+,37?,38?,39?,40?,41?,42?,43?,44-,45-,46-,47-,48-,49-,50-,51-,52-,53-,54-,55+,56+,57-,58?,59+,60?,61?,62?,63?,64?,65+,66?,67?,68-,69-,70-,71-,72+,73+,74+,75?,76?,77+,78+,79+,80-,81+,82+,83+,84+,85-/m1/s1. The van der Waals surface area contributed by atoms with E-state index in [2.05, 4.69) is 0 Å². The first-order chi connectivity index (χ1) is 66.3. The van der Waals surface area contributed by atoms with E-state index >= 15 is 0 Å². The Morgan fingerprint density at radius 1 is 0.229 bits per heavy atom. The number of ether oxygens (including phenoxy) is 23. The van der Waals surface area contributed by atoms with Gasteiger partial charge in [-0.3, -0.25) is 0 Å². The summed E-state index contributed by atoms with van der Waals surface area (Å²) in [4.78, 5) is 0. The van der Waals surface area contributed by atoms with E-state index < -0.39 is 452 Å². The molecule has 12 aliphatic heterocycles. The molecule has 0 bridgehead atoms. The molecule has 32 N–H and O–H groups in total. The zero-order valence-corrected chi connectivity index (χ0v) is 78.3. The van der Waals surface area contributed by atoms with Gasteiger partial charge in [-0.15, -0.1) is 0 Å². The molecule has 12 rings (SSSR count). The van der Waals surface area contributed by atoms with Gasteiger partial charge in [0.1, 0.15) is 214 Å². The van der Waals surface area contributed by atoms with Crippen LogP contribution in [0.15, 0.2) is 0 Å². The molecule has 0 aliphatic carbocycles. The first kappa shape index (κ1) is 116. The molecular weight excluding hydrogens is 1900 g/mol. The SMILES string of the molecule is CC(C)[C@@H]1OC(CO[C@@H]2O[C@@H](C)[C@@H](O)C(O)C2O)[C@@H](O[C@@H]2OC(CO)[C@@H](O[C@@H]3OC(CO[C@H]4OC(CO)[C@@H](O)[C@H](O)C4O[C@@H]4OC(CO)[C@@H](O[C@@H]5OC(CO)[C@H](O)[C@H](O[C@@H]6C[C@@H](O)[C@@H](C)C([C@H](O)[C@H](O)CO)O6)C5O)[C@H](O)C4C)[C@@H](O)[C@H](O[C@H]4O[C@@H](CO)[C@@H](O)C(O)C4O[C@@H]4OC(CO)[C@@H](O[C@@H]5OC(CO)[C@H](O)[C@H](O[C@@H]6C[C@@H](O)[C@@H](C)C([C@H](O)[C@H](O)CO)O6)C5O)[C@H](O)C4C)C3O)[C@H](O)C2C)[C@H](O)C1C. The van der Waals surface area contributed by atoms with E-state index in [0.717, 1.165) is 0 Å². The summed E-state index contributed by atoms with van der Waals surface area (Å²) in [6.45, 7) is 2.83. The van der Waals surface area contributed by atoms with Crippen LogP contribution < -0.4 is 0 Å². The van der Waals surface area contributed by atoms with Crippen molar-refractivity contribution in [3.8, 4) is 0 Å². The molecule has 55 nitrogen and oxygen atoms in total. The van der Waals surface area contributed by atoms with Crippen LogP contribution in [-0.2, 0) is 109 Å². The zero-order valence-electron chi connectivity index (χ0n) is 78.3. The average molecular weight is 2050 g/mol. The highest BCUT2D eigenvalue weighted by Gasteiger charge is 2.62. The van der Waals surface area contributed by atoms with Gasteiger partial charge in [-0.1, -0.05) is 55.4 Å². The maximum atomic E-state index is 12.8. The number of aliphatic hydroxyl groups excluding tert-OH is 32. The first-order valence-corrected chi connectivity index (χ1v) is 47.4. The Morgan fingerprint density at radius 3 is 0.914 bits per heavy atom. The third-order valence-corrected chi connectivity index (χ3v) is 29.0. The van der Waals surface area contributed by atoms with Crippen molar-refractivity contribution in [2.24, 2.45) is 41.4 Å². The molecule has 55 heteroatoms.